The molecule has 0 aromatic carbocycles. The molecule has 1 aliphatic heterocycles. The Bertz CT molecular complexity index is 778. The molecule has 2 N–H and O–H groups in total. The van der Waals surface area contributed by atoms with E-state index in [1.165, 1.54) is 16.2 Å². The second-order valence-electron chi connectivity index (χ2n) is 5.27. The zero-order chi connectivity index (χ0) is 16.6. The van der Waals surface area contributed by atoms with Crippen LogP contribution in [0.1, 0.15) is 5.69 Å². The molecule has 124 valence electrons. The van der Waals surface area contributed by atoms with Crippen molar-refractivity contribution in [3.63, 3.8) is 0 Å². The predicted octanol–water partition coefficient (Wildman–Crippen LogP) is 1.90. The second kappa shape index (κ2) is 6.14. The molecule has 10 heteroatoms. The first-order chi connectivity index (χ1) is 10.9. The van der Waals surface area contributed by atoms with Crippen LogP contribution in [-0.2, 0) is 0 Å². The van der Waals surface area contributed by atoms with Crippen LogP contribution in [0.3, 0.4) is 0 Å². The molecular weight excluding hydrogens is 348 g/mol. The summed E-state index contributed by atoms with van der Waals surface area (Å²) in [5, 5.41) is 2.48. The van der Waals surface area contributed by atoms with Gasteiger partial charge in [0.25, 0.3) is 11.5 Å². The van der Waals surface area contributed by atoms with Crippen LogP contribution in [-0.4, -0.2) is 47.1 Å². The molecule has 0 bridgehead atoms. The standard InChI is InChI=1S/C13H14ClF2N5OS/c1-7-9(23-6-18-7)10-19-11(8(14)12(22)20-10)21-3-2-17-4-13(15,16)5-21/h6,17H,2-5H2,1H3,(H,19,20,22). The predicted molar refractivity (Wildman–Crippen MR) is 85.7 cm³/mol. The number of aromatic amines is 1. The van der Waals surface area contributed by atoms with E-state index < -0.39 is 24.6 Å². The highest BCUT2D eigenvalue weighted by Gasteiger charge is 2.35. The second-order valence-corrected chi connectivity index (χ2v) is 6.51. The first-order valence-electron chi connectivity index (χ1n) is 6.91. The van der Waals surface area contributed by atoms with Gasteiger partial charge in [0.1, 0.15) is 5.02 Å². The number of aromatic nitrogens is 3. The maximum atomic E-state index is 13.8. The number of rotatable bonds is 2. The summed E-state index contributed by atoms with van der Waals surface area (Å²) in [5.74, 6) is -2.57. The molecular formula is C13H14ClF2N5OS. The van der Waals surface area contributed by atoms with Crippen molar-refractivity contribution in [2.75, 3.05) is 31.1 Å². The third kappa shape index (κ3) is 3.36. The van der Waals surface area contributed by atoms with Gasteiger partial charge in [0.05, 0.1) is 29.2 Å². The summed E-state index contributed by atoms with van der Waals surface area (Å²) in [4.78, 5) is 25.1. The van der Waals surface area contributed by atoms with Gasteiger partial charge in [-0.15, -0.1) is 11.3 Å². The molecule has 0 radical (unpaired) electrons. The Morgan fingerprint density at radius 3 is 2.96 bits per heavy atom. The van der Waals surface area contributed by atoms with Crippen LogP contribution in [0.5, 0.6) is 0 Å². The Labute approximate surface area is 139 Å². The Morgan fingerprint density at radius 2 is 2.26 bits per heavy atom. The zero-order valence-electron chi connectivity index (χ0n) is 12.2. The molecule has 3 heterocycles. The largest absolute Gasteiger partial charge is 0.348 e. The fourth-order valence-electron chi connectivity index (χ4n) is 2.37. The lowest BCUT2D eigenvalue weighted by Gasteiger charge is -2.25. The maximum absolute atomic E-state index is 13.8. The van der Waals surface area contributed by atoms with E-state index in [1.54, 1.807) is 12.4 Å². The van der Waals surface area contributed by atoms with Gasteiger partial charge >= 0.3 is 0 Å². The van der Waals surface area contributed by atoms with Gasteiger partial charge in [0.15, 0.2) is 11.6 Å². The highest BCUT2D eigenvalue weighted by molar-refractivity contribution is 7.13. The molecule has 2 aromatic rings. The van der Waals surface area contributed by atoms with Crippen LogP contribution in [0, 0.1) is 6.92 Å². The van der Waals surface area contributed by atoms with Gasteiger partial charge in [0.2, 0.25) is 0 Å². The molecule has 0 unspecified atom stereocenters. The number of thiazole rings is 1. The Kier molecular flexibility index (Phi) is 4.35. The van der Waals surface area contributed by atoms with Crippen molar-refractivity contribution < 1.29 is 8.78 Å². The van der Waals surface area contributed by atoms with E-state index in [9.17, 15) is 13.6 Å². The molecule has 0 aliphatic carbocycles. The monoisotopic (exact) mass is 361 g/mol. The van der Waals surface area contributed by atoms with Crippen LogP contribution in [0.2, 0.25) is 5.02 Å². The van der Waals surface area contributed by atoms with Gasteiger partial charge in [0, 0.05) is 13.1 Å². The van der Waals surface area contributed by atoms with Crippen LogP contribution in [0.15, 0.2) is 10.3 Å². The summed E-state index contributed by atoms with van der Waals surface area (Å²) in [6.07, 6.45) is 0. The van der Waals surface area contributed by atoms with Crippen molar-refractivity contribution >= 4 is 28.8 Å². The summed E-state index contributed by atoms with van der Waals surface area (Å²) < 4.78 is 27.6. The maximum Gasteiger partial charge on any atom is 0.277 e. The number of halogens is 3. The van der Waals surface area contributed by atoms with E-state index in [0.29, 0.717) is 17.1 Å². The van der Waals surface area contributed by atoms with E-state index in [4.69, 9.17) is 11.6 Å². The van der Waals surface area contributed by atoms with Gasteiger partial charge < -0.3 is 15.2 Å². The highest BCUT2D eigenvalue weighted by Crippen LogP contribution is 2.29. The number of aryl methyl sites for hydroxylation is 1. The molecule has 23 heavy (non-hydrogen) atoms. The molecule has 0 saturated carbocycles. The Balaban J connectivity index is 2.06. The van der Waals surface area contributed by atoms with Gasteiger partial charge in [-0.3, -0.25) is 4.79 Å². The lowest BCUT2D eigenvalue weighted by molar-refractivity contribution is 0.0156. The van der Waals surface area contributed by atoms with E-state index in [-0.39, 0.29) is 23.2 Å². The molecule has 3 rings (SSSR count). The molecule has 0 amide bonds. The van der Waals surface area contributed by atoms with E-state index in [1.807, 2.05) is 0 Å². The fourth-order valence-corrected chi connectivity index (χ4v) is 3.33. The van der Waals surface area contributed by atoms with Gasteiger partial charge in [-0.25, -0.2) is 18.7 Å². The molecule has 1 saturated heterocycles. The first-order valence-corrected chi connectivity index (χ1v) is 8.17. The van der Waals surface area contributed by atoms with E-state index in [0.717, 1.165) is 0 Å². The van der Waals surface area contributed by atoms with E-state index >= 15 is 0 Å². The van der Waals surface area contributed by atoms with Crippen molar-refractivity contribution in [3.05, 3.63) is 26.6 Å². The zero-order valence-corrected chi connectivity index (χ0v) is 13.8. The van der Waals surface area contributed by atoms with E-state index in [2.05, 4.69) is 20.3 Å². The number of nitrogens with one attached hydrogen (secondary N) is 2. The van der Waals surface area contributed by atoms with Crippen molar-refractivity contribution in [1.29, 1.82) is 0 Å². The molecule has 1 fully saturated rings. The quantitative estimate of drug-likeness (QED) is 0.854. The number of nitrogens with zero attached hydrogens (tertiary/aromatic N) is 3. The average molecular weight is 362 g/mol. The number of anilines is 1. The van der Waals surface area contributed by atoms with Crippen molar-refractivity contribution in [3.8, 4) is 10.7 Å². The Morgan fingerprint density at radius 1 is 1.48 bits per heavy atom. The molecule has 2 aromatic heterocycles. The average Bonchev–Trinajstić information content (AvgIpc) is 2.82. The van der Waals surface area contributed by atoms with Crippen LogP contribution in [0.25, 0.3) is 10.7 Å². The van der Waals surface area contributed by atoms with Gasteiger partial charge in [-0.05, 0) is 6.92 Å². The van der Waals surface area contributed by atoms with Crippen LogP contribution >= 0.6 is 22.9 Å². The molecule has 1 aliphatic rings. The lowest BCUT2D eigenvalue weighted by Crippen LogP contribution is -2.39. The number of hydrogen-bond acceptors (Lipinski definition) is 6. The molecule has 6 nitrogen and oxygen atoms in total. The highest BCUT2D eigenvalue weighted by atomic mass is 35.5. The summed E-state index contributed by atoms with van der Waals surface area (Å²) in [6, 6.07) is 0. The van der Waals surface area contributed by atoms with Gasteiger partial charge in [-0.1, -0.05) is 11.6 Å². The SMILES string of the molecule is Cc1ncsc1-c1nc(N2CCNCC(F)(F)C2)c(Cl)c(=O)[nH]1. The lowest BCUT2D eigenvalue weighted by atomic mass is 10.3. The first kappa shape index (κ1) is 16.3. The molecule has 0 atom stereocenters. The summed E-state index contributed by atoms with van der Waals surface area (Å²) in [7, 11) is 0. The van der Waals surface area contributed by atoms with Crippen LogP contribution < -0.4 is 15.8 Å². The third-order valence-electron chi connectivity index (χ3n) is 3.47. The number of alkyl halides is 2. The molecule has 0 spiro atoms. The number of H-pyrrole nitrogens is 1. The normalized spacial score (nSPS) is 18.0. The Hall–Kier alpha value is -1.58. The van der Waals surface area contributed by atoms with Crippen molar-refractivity contribution in [2.24, 2.45) is 0 Å². The minimum absolute atomic E-state index is 0.0709. The number of hydrogen-bond donors (Lipinski definition) is 2. The fraction of sp³-hybridized carbons (Fsp3) is 0.462. The summed E-state index contributed by atoms with van der Waals surface area (Å²) in [6.45, 7) is 1.47. The topological polar surface area (TPSA) is 73.9 Å². The van der Waals surface area contributed by atoms with Crippen molar-refractivity contribution in [1.82, 2.24) is 20.3 Å². The minimum atomic E-state index is -2.93. The van der Waals surface area contributed by atoms with Crippen LogP contribution in [0.4, 0.5) is 14.6 Å². The smallest absolute Gasteiger partial charge is 0.277 e. The van der Waals surface area contributed by atoms with Gasteiger partial charge in [-0.2, -0.15) is 0 Å². The minimum Gasteiger partial charge on any atom is -0.348 e. The summed E-state index contributed by atoms with van der Waals surface area (Å²) >= 11 is 7.33. The summed E-state index contributed by atoms with van der Waals surface area (Å²) in [5.41, 5.74) is 1.78. The van der Waals surface area contributed by atoms with Crippen molar-refractivity contribution in [2.45, 2.75) is 12.8 Å². The third-order valence-corrected chi connectivity index (χ3v) is 4.75.